The summed E-state index contributed by atoms with van der Waals surface area (Å²) in [4.78, 5) is 11.7. The molecule has 0 aliphatic rings. The van der Waals surface area contributed by atoms with Crippen molar-refractivity contribution in [2.45, 2.75) is 25.2 Å². The quantitative estimate of drug-likeness (QED) is 0.613. The van der Waals surface area contributed by atoms with E-state index in [0.29, 0.717) is 6.42 Å². The molecule has 5 heteroatoms. The van der Waals surface area contributed by atoms with Gasteiger partial charge in [-0.05, 0) is 25.5 Å². The highest BCUT2D eigenvalue weighted by Crippen LogP contribution is 2.20. The second-order valence-corrected chi connectivity index (χ2v) is 6.22. The van der Waals surface area contributed by atoms with Crippen LogP contribution in [-0.4, -0.2) is 25.8 Å². The molecular weight excluding hydrogens is 260 g/mol. The van der Waals surface area contributed by atoms with Crippen molar-refractivity contribution < 1.29 is 13.2 Å². The SMILES string of the molecule is CCCS(=O)(=O)c1ccc(C)cc1C(=O)CCl. The number of Topliss-reactive ketones (excluding diaryl/α,β-unsaturated/α-hetero) is 1. The summed E-state index contributed by atoms with van der Waals surface area (Å²) in [7, 11) is -3.39. The number of halogens is 1. The summed E-state index contributed by atoms with van der Waals surface area (Å²) in [5, 5.41) is 0. The smallest absolute Gasteiger partial charge is 0.179 e. The molecule has 0 saturated carbocycles. The number of hydrogen-bond donors (Lipinski definition) is 0. The van der Waals surface area contributed by atoms with E-state index in [-0.39, 0.29) is 27.9 Å². The number of benzene rings is 1. The van der Waals surface area contributed by atoms with Gasteiger partial charge in [0.2, 0.25) is 0 Å². The van der Waals surface area contributed by atoms with Gasteiger partial charge in [0.15, 0.2) is 15.6 Å². The van der Waals surface area contributed by atoms with Crippen LogP contribution in [0.15, 0.2) is 23.1 Å². The number of ketones is 1. The Bertz CT molecular complexity index is 521. The molecule has 1 aromatic rings. The number of carbonyl (C=O) groups excluding carboxylic acids is 1. The molecule has 0 aliphatic heterocycles. The van der Waals surface area contributed by atoms with E-state index in [1.165, 1.54) is 6.07 Å². The second kappa shape index (κ2) is 5.65. The lowest BCUT2D eigenvalue weighted by Gasteiger charge is -2.09. The van der Waals surface area contributed by atoms with Gasteiger partial charge in [0.1, 0.15) is 0 Å². The average Bonchev–Trinajstić information content (AvgIpc) is 2.27. The van der Waals surface area contributed by atoms with Gasteiger partial charge < -0.3 is 0 Å². The van der Waals surface area contributed by atoms with Crippen molar-refractivity contribution >= 4 is 27.2 Å². The van der Waals surface area contributed by atoms with Crippen molar-refractivity contribution in [1.29, 1.82) is 0 Å². The number of sulfone groups is 1. The van der Waals surface area contributed by atoms with Crippen LogP contribution in [0, 0.1) is 6.92 Å². The molecule has 0 bridgehead atoms. The molecule has 3 nitrogen and oxygen atoms in total. The van der Waals surface area contributed by atoms with Crippen molar-refractivity contribution in [3.05, 3.63) is 29.3 Å². The first-order valence-electron chi connectivity index (χ1n) is 5.35. The Kier molecular flexibility index (Phi) is 4.71. The lowest BCUT2D eigenvalue weighted by Crippen LogP contribution is -2.13. The van der Waals surface area contributed by atoms with E-state index in [2.05, 4.69) is 0 Å². The van der Waals surface area contributed by atoms with Gasteiger partial charge in [-0.2, -0.15) is 0 Å². The molecule has 1 aromatic carbocycles. The summed E-state index contributed by atoms with van der Waals surface area (Å²) >= 11 is 5.49. The molecule has 0 amide bonds. The number of rotatable bonds is 5. The number of alkyl halides is 1. The predicted octanol–water partition coefficient (Wildman–Crippen LogP) is 2.60. The molecule has 0 saturated heterocycles. The third kappa shape index (κ3) is 3.30. The zero-order chi connectivity index (χ0) is 13.1. The molecule has 0 atom stereocenters. The van der Waals surface area contributed by atoms with Gasteiger partial charge in [-0.15, -0.1) is 11.6 Å². The van der Waals surface area contributed by atoms with Crippen LogP contribution >= 0.6 is 11.6 Å². The molecule has 0 spiro atoms. The first kappa shape index (κ1) is 14.2. The summed E-state index contributed by atoms with van der Waals surface area (Å²) < 4.78 is 24.0. The normalized spacial score (nSPS) is 11.5. The fourth-order valence-electron chi connectivity index (χ4n) is 1.58. The molecular formula is C12H15ClO3S. The van der Waals surface area contributed by atoms with Crippen LogP contribution in [0.4, 0.5) is 0 Å². The fourth-order valence-corrected chi connectivity index (χ4v) is 3.27. The molecule has 0 heterocycles. The lowest BCUT2D eigenvalue weighted by atomic mass is 10.1. The van der Waals surface area contributed by atoms with Crippen LogP contribution in [0.1, 0.15) is 29.3 Å². The van der Waals surface area contributed by atoms with Crippen molar-refractivity contribution in [2.24, 2.45) is 0 Å². The molecule has 17 heavy (non-hydrogen) atoms. The maximum absolute atomic E-state index is 12.0. The van der Waals surface area contributed by atoms with Crippen molar-refractivity contribution in [2.75, 3.05) is 11.6 Å². The molecule has 0 aromatic heterocycles. The van der Waals surface area contributed by atoms with Crippen LogP contribution in [0.5, 0.6) is 0 Å². The average molecular weight is 275 g/mol. The van der Waals surface area contributed by atoms with Crippen molar-refractivity contribution in [1.82, 2.24) is 0 Å². The largest absolute Gasteiger partial charge is 0.293 e. The number of hydrogen-bond acceptors (Lipinski definition) is 3. The van der Waals surface area contributed by atoms with Crippen LogP contribution in [0.2, 0.25) is 0 Å². The Hall–Kier alpha value is -0.870. The monoisotopic (exact) mass is 274 g/mol. The van der Waals surface area contributed by atoms with Crippen molar-refractivity contribution in [3.63, 3.8) is 0 Å². The minimum Gasteiger partial charge on any atom is -0.293 e. The standard InChI is InChI=1S/C12H15ClO3S/c1-3-6-17(15,16)12-5-4-9(2)7-10(12)11(14)8-13/h4-5,7H,3,6,8H2,1-2H3. The first-order valence-corrected chi connectivity index (χ1v) is 7.53. The van der Waals surface area contributed by atoms with Crippen LogP contribution in [0.3, 0.4) is 0 Å². The molecule has 0 fully saturated rings. The summed E-state index contributed by atoms with van der Waals surface area (Å²) in [5.41, 5.74) is 1.04. The van der Waals surface area contributed by atoms with Crippen LogP contribution < -0.4 is 0 Å². The van der Waals surface area contributed by atoms with Crippen LogP contribution in [-0.2, 0) is 9.84 Å². The Labute approximate surface area is 107 Å². The molecule has 0 unspecified atom stereocenters. The van der Waals surface area contributed by atoms with Gasteiger partial charge in [-0.3, -0.25) is 4.79 Å². The number of aryl methyl sites for hydroxylation is 1. The molecule has 94 valence electrons. The zero-order valence-corrected chi connectivity index (χ0v) is 11.4. The summed E-state index contributed by atoms with van der Waals surface area (Å²) in [6.07, 6.45) is 0.519. The van der Waals surface area contributed by atoms with Crippen LogP contribution in [0.25, 0.3) is 0 Å². The summed E-state index contributed by atoms with van der Waals surface area (Å²) in [5.74, 6) is -0.526. The van der Waals surface area contributed by atoms with E-state index >= 15 is 0 Å². The maximum Gasteiger partial charge on any atom is 0.179 e. The van der Waals surface area contributed by atoms with Gasteiger partial charge in [0.25, 0.3) is 0 Å². The third-order valence-corrected chi connectivity index (χ3v) is 4.58. The van der Waals surface area contributed by atoms with E-state index in [1.807, 2.05) is 0 Å². The Morgan fingerprint density at radius 2 is 2.00 bits per heavy atom. The van der Waals surface area contributed by atoms with E-state index in [1.54, 1.807) is 26.0 Å². The Balaban J connectivity index is 3.38. The predicted molar refractivity (Wildman–Crippen MR) is 68.6 cm³/mol. The second-order valence-electron chi connectivity index (χ2n) is 3.88. The topological polar surface area (TPSA) is 51.2 Å². The van der Waals surface area contributed by atoms with E-state index in [9.17, 15) is 13.2 Å². The van der Waals surface area contributed by atoms with Gasteiger partial charge in [-0.1, -0.05) is 18.6 Å². The molecule has 0 N–H and O–H groups in total. The highest BCUT2D eigenvalue weighted by atomic mass is 35.5. The molecule has 1 rings (SSSR count). The lowest BCUT2D eigenvalue weighted by molar-refractivity contribution is 0.101. The molecule has 0 aliphatic carbocycles. The highest BCUT2D eigenvalue weighted by Gasteiger charge is 2.21. The zero-order valence-electron chi connectivity index (χ0n) is 9.86. The van der Waals surface area contributed by atoms with Crippen molar-refractivity contribution in [3.8, 4) is 0 Å². The Morgan fingerprint density at radius 1 is 1.35 bits per heavy atom. The van der Waals surface area contributed by atoms with Gasteiger partial charge >= 0.3 is 0 Å². The Morgan fingerprint density at radius 3 is 2.53 bits per heavy atom. The van der Waals surface area contributed by atoms with Gasteiger partial charge in [0.05, 0.1) is 16.5 Å². The van der Waals surface area contributed by atoms with E-state index < -0.39 is 9.84 Å². The highest BCUT2D eigenvalue weighted by molar-refractivity contribution is 7.91. The number of carbonyl (C=O) groups is 1. The molecule has 0 radical (unpaired) electrons. The first-order chi connectivity index (χ1) is 7.92. The summed E-state index contributed by atoms with van der Waals surface area (Å²) in [6, 6.07) is 4.75. The minimum atomic E-state index is -3.39. The van der Waals surface area contributed by atoms with E-state index in [0.717, 1.165) is 5.56 Å². The third-order valence-electron chi connectivity index (χ3n) is 2.36. The maximum atomic E-state index is 12.0. The minimum absolute atomic E-state index is 0.0403. The summed E-state index contributed by atoms with van der Waals surface area (Å²) in [6.45, 7) is 3.59. The van der Waals surface area contributed by atoms with E-state index in [4.69, 9.17) is 11.6 Å². The van der Waals surface area contributed by atoms with Gasteiger partial charge in [0, 0.05) is 5.56 Å². The fraction of sp³-hybridized carbons (Fsp3) is 0.417. The van der Waals surface area contributed by atoms with Gasteiger partial charge in [-0.25, -0.2) is 8.42 Å².